The van der Waals surface area contributed by atoms with Crippen molar-refractivity contribution in [3.05, 3.63) is 60.8 Å². The van der Waals surface area contributed by atoms with Crippen LogP contribution < -0.4 is 17.0 Å². The van der Waals surface area contributed by atoms with Gasteiger partial charge in [0.05, 0.1) is 0 Å². The molecule has 0 aliphatic carbocycles. The van der Waals surface area contributed by atoms with Crippen molar-refractivity contribution in [2.45, 2.75) is 0 Å². The van der Waals surface area contributed by atoms with E-state index in [-0.39, 0.29) is 5.56 Å². The van der Waals surface area contributed by atoms with Crippen LogP contribution in [0.5, 0.6) is 0 Å². The fraction of sp³-hybridized carbons (Fsp3) is 0.154. The Morgan fingerprint density at radius 2 is 1.90 bits per heavy atom. The molecule has 0 saturated heterocycles. The number of rotatable bonds is 2. The minimum Gasteiger partial charge on any atom is -0.398 e. The molecule has 0 spiro atoms. The highest BCUT2D eigenvalue weighted by Crippen LogP contribution is 2.21. The molecule has 1 heterocycles. The Kier molecular flexibility index (Phi) is 3.63. The Balaban J connectivity index is 2.62. The average molecular weight is 338 g/mol. The first-order chi connectivity index (χ1) is 9.32. The van der Waals surface area contributed by atoms with Gasteiger partial charge in [0, 0.05) is 36.0 Å². The number of carbonyl (C=O) groups is 1. The first-order valence-electron chi connectivity index (χ1n) is 5.69. The van der Waals surface area contributed by atoms with Crippen molar-refractivity contribution < 1.29 is 4.79 Å². The van der Waals surface area contributed by atoms with E-state index in [0.29, 0.717) is 15.7 Å². The van der Waals surface area contributed by atoms with Gasteiger partial charge < -0.3 is 10.3 Å². The maximum atomic E-state index is 12.3. The van der Waals surface area contributed by atoms with Crippen LogP contribution in [0.2, 0.25) is 0 Å². The zero-order valence-electron chi connectivity index (χ0n) is 10.9. The smallest absolute Gasteiger partial charge is 0.330 e. The van der Waals surface area contributed by atoms with E-state index in [9.17, 15) is 14.4 Å². The molecule has 104 valence electrons. The Morgan fingerprint density at radius 3 is 2.50 bits per heavy atom. The van der Waals surface area contributed by atoms with Crippen molar-refractivity contribution >= 4 is 27.4 Å². The molecule has 0 saturated carbocycles. The van der Waals surface area contributed by atoms with E-state index < -0.39 is 17.0 Å². The SMILES string of the molecule is Cn1cc(C(=O)c2ccc(Br)c(N)c2)c(=O)n(C)c1=O. The number of hydrogen-bond acceptors (Lipinski definition) is 4. The molecule has 1 aromatic heterocycles. The van der Waals surface area contributed by atoms with Gasteiger partial charge >= 0.3 is 5.69 Å². The second kappa shape index (κ2) is 5.09. The minimum atomic E-state index is -0.625. The molecule has 0 fully saturated rings. The van der Waals surface area contributed by atoms with Crippen LogP contribution in [-0.4, -0.2) is 14.9 Å². The van der Waals surface area contributed by atoms with Crippen molar-refractivity contribution in [3.8, 4) is 0 Å². The van der Waals surface area contributed by atoms with Crippen LogP contribution in [0, 0.1) is 0 Å². The molecule has 7 heteroatoms. The maximum Gasteiger partial charge on any atom is 0.330 e. The normalized spacial score (nSPS) is 10.6. The van der Waals surface area contributed by atoms with Crippen LogP contribution in [0.3, 0.4) is 0 Å². The van der Waals surface area contributed by atoms with Gasteiger partial charge in [0.25, 0.3) is 5.56 Å². The molecule has 0 unspecified atom stereocenters. The number of halogens is 1. The lowest BCUT2D eigenvalue weighted by Crippen LogP contribution is -2.39. The summed E-state index contributed by atoms with van der Waals surface area (Å²) in [6.45, 7) is 0. The van der Waals surface area contributed by atoms with Crippen LogP contribution in [0.1, 0.15) is 15.9 Å². The highest BCUT2D eigenvalue weighted by molar-refractivity contribution is 9.10. The van der Waals surface area contributed by atoms with Crippen molar-refractivity contribution in [1.82, 2.24) is 9.13 Å². The Morgan fingerprint density at radius 1 is 1.25 bits per heavy atom. The summed E-state index contributed by atoms with van der Waals surface area (Å²) < 4.78 is 2.76. The summed E-state index contributed by atoms with van der Waals surface area (Å²) in [5, 5.41) is 0. The van der Waals surface area contributed by atoms with Gasteiger partial charge in [0.15, 0.2) is 5.78 Å². The summed E-state index contributed by atoms with van der Waals surface area (Å²) in [5.41, 5.74) is 5.23. The lowest BCUT2D eigenvalue weighted by molar-refractivity contribution is 0.103. The van der Waals surface area contributed by atoms with Crippen LogP contribution in [0.15, 0.2) is 38.5 Å². The van der Waals surface area contributed by atoms with Gasteiger partial charge in [-0.3, -0.25) is 14.2 Å². The molecule has 6 nitrogen and oxygen atoms in total. The van der Waals surface area contributed by atoms with Crippen molar-refractivity contribution in [1.29, 1.82) is 0 Å². The molecule has 1 aromatic carbocycles. The fourth-order valence-electron chi connectivity index (χ4n) is 1.80. The van der Waals surface area contributed by atoms with Gasteiger partial charge in [-0.2, -0.15) is 0 Å². The Hall–Kier alpha value is -2.15. The fourth-order valence-corrected chi connectivity index (χ4v) is 2.05. The monoisotopic (exact) mass is 337 g/mol. The van der Waals surface area contributed by atoms with Crippen LogP contribution in [-0.2, 0) is 14.1 Å². The second-order valence-corrected chi connectivity index (χ2v) is 5.22. The number of nitrogens with zero attached hydrogens (tertiary/aromatic N) is 2. The number of carbonyl (C=O) groups excluding carboxylic acids is 1. The Labute approximate surface area is 122 Å². The number of benzene rings is 1. The Bertz CT molecular complexity index is 821. The van der Waals surface area contributed by atoms with E-state index in [2.05, 4.69) is 15.9 Å². The number of nitrogen functional groups attached to an aromatic ring is 1. The van der Waals surface area contributed by atoms with E-state index in [1.165, 1.54) is 30.9 Å². The van der Waals surface area contributed by atoms with E-state index in [1.54, 1.807) is 12.1 Å². The lowest BCUT2D eigenvalue weighted by Gasteiger charge is -2.07. The molecule has 2 rings (SSSR count). The molecule has 2 N–H and O–H groups in total. The number of nitrogens with two attached hydrogens (primary N) is 1. The predicted molar refractivity (Wildman–Crippen MR) is 78.9 cm³/mol. The molecule has 0 bridgehead atoms. The van der Waals surface area contributed by atoms with E-state index in [4.69, 9.17) is 5.73 Å². The van der Waals surface area contributed by atoms with Crippen molar-refractivity contribution in [2.24, 2.45) is 14.1 Å². The summed E-state index contributed by atoms with van der Waals surface area (Å²) >= 11 is 3.23. The summed E-state index contributed by atoms with van der Waals surface area (Å²) in [7, 11) is 2.81. The second-order valence-electron chi connectivity index (χ2n) is 4.37. The van der Waals surface area contributed by atoms with Crippen molar-refractivity contribution in [2.75, 3.05) is 5.73 Å². The van der Waals surface area contributed by atoms with Gasteiger partial charge in [-0.25, -0.2) is 4.79 Å². The third-order valence-electron chi connectivity index (χ3n) is 2.95. The number of aryl methyl sites for hydroxylation is 1. The third kappa shape index (κ3) is 2.32. The largest absolute Gasteiger partial charge is 0.398 e. The molecule has 0 aliphatic rings. The summed E-state index contributed by atoms with van der Waals surface area (Å²) in [4.78, 5) is 35.9. The van der Waals surface area contributed by atoms with Gasteiger partial charge in [0.1, 0.15) is 5.56 Å². The quantitative estimate of drug-likeness (QED) is 0.644. The van der Waals surface area contributed by atoms with Gasteiger partial charge in [-0.1, -0.05) is 0 Å². The van der Waals surface area contributed by atoms with Crippen LogP contribution in [0.25, 0.3) is 0 Å². The zero-order chi connectivity index (χ0) is 15.0. The van der Waals surface area contributed by atoms with E-state index in [0.717, 1.165) is 4.57 Å². The summed E-state index contributed by atoms with van der Waals surface area (Å²) in [6.07, 6.45) is 1.24. The van der Waals surface area contributed by atoms with Crippen LogP contribution >= 0.6 is 15.9 Å². The van der Waals surface area contributed by atoms with Gasteiger partial charge in [-0.15, -0.1) is 0 Å². The van der Waals surface area contributed by atoms with Gasteiger partial charge in [0.2, 0.25) is 0 Å². The van der Waals surface area contributed by atoms with Crippen molar-refractivity contribution in [3.63, 3.8) is 0 Å². The molecule has 0 atom stereocenters. The topological polar surface area (TPSA) is 87.1 Å². The molecule has 20 heavy (non-hydrogen) atoms. The lowest BCUT2D eigenvalue weighted by atomic mass is 10.1. The van der Waals surface area contributed by atoms with Gasteiger partial charge in [-0.05, 0) is 34.1 Å². The number of anilines is 1. The zero-order valence-corrected chi connectivity index (χ0v) is 12.5. The molecule has 0 amide bonds. The average Bonchev–Trinajstić information content (AvgIpc) is 2.43. The summed E-state index contributed by atoms with van der Waals surface area (Å²) in [5.74, 6) is -0.472. The first-order valence-corrected chi connectivity index (χ1v) is 6.48. The first kappa shape index (κ1) is 14.3. The third-order valence-corrected chi connectivity index (χ3v) is 3.67. The highest BCUT2D eigenvalue weighted by Gasteiger charge is 2.17. The number of aromatic nitrogens is 2. The highest BCUT2D eigenvalue weighted by atomic mass is 79.9. The molecule has 2 aromatic rings. The van der Waals surface area contributed by atoms with E-state index >= 15 is 0 Å². The summed E-state index contributed by atoms with van der Waals surface area (Å²) in [6, 6.07) is 4.68. The maximum absolute atomic E-state index is 12.3. The minimum absolute atomic E-state index is 0.0728. The molecular weight excluding hydrogens is 326 g/mol. The molecule has 0 aliphatic heterocycles. The number of hydrogen-bond donors (Lipinski definition) is 1. The van der Waals surface area contributed by atoms with Crippen LogP contribution in [0.4, 0.5) is 5.69 Å². The standard InChI is InChI=1S/C13H12BrN3O3/c1-16-6-8(12(19)17(2)13(16)20)11(18)7-3-4-9(14)10(15)5-7/h3-6H,15H2,1-2H3. The number of ketones is 1. The molecule has 0 radical (unpaired) electrons. The predicted octanol–water partition coefficient (Wildman–Crippen LogP) is 0.660. The van der Waals surface area contributed by atoms with E-state index in [1.807, 2.05) is 0 Å². The molecular formula is C13H12BrN3O3.